The summed E-state index contributed by atoms with van der Waals surface area (Å²) in [5.41, 5.74) is 6.12. The van der Waals surface area contributed by atoms with E-state index in [1.165, 1.54) is 0 Å². The first-order valence-corrected chi connectivity index (χ1v) is 10.6. The molecule has 1 aliphatic heterocycles. The van der Waals surface area contributed by atoms with Crippen molar-refractivity contribution in [2.45, 2.75) is 26.4 Å². The van der Waals surface area contributed by atoms with E-state index >= 15 is 0 Å². The monoisotopic (exact) mass is 488 g/mol. The van der Waals surface area contributed by atoms with Crippen LogP contribution in [0, 0.1) is 5.92 Å². The lowest BCUT2D eigenvalue weighted by atomic mass is 10.1. The number of anilines is 1. The van der Waals surface area contributed by atoms with Crippen molar-refractivity contribution in [2.75, 3.05) is 11.9 Å². The second-order valence-corrected chi connectivity index (χ2v) is 8.04. The number of nitrogens with one attached hydrogen (secondary N) is 3. The molecule has 1 aromatic carbocycles. The van der Waals surface area contributed by atoms with E-state index in [0.29, 0.717) is 12.1 Å². The van der Waals surface area contributed by atoms with Crippen molar-refractivity contribution in [2.24, 2.45) is 5.92 Å². The Bertz CT molecular complexity index is 1230. The van der Waals surface area contributed by atoms with Gasteiger partial charge in [-0.25, -0.2) is 4.79 Å². The maximum absolute atomic E-state index is 12.0. The second-order valence-electron chi connectivity index (χ2n) is 8.04. The first-order chi connectivity index (χ1) is 16.5. The highest BCUT2D eigenvalue weighted by Crippen LogP contribution is 2.27. The number of nitrogens with zero attached hydrogens (tertiary/aromatic N) is 1. The quantitative estimate of drug-likeness (QED) is 0.437. The predicted molar refractivity (Wildman–Crippen MR) is 123 cm³/mol. The highest BCUT2D eigenvalue weighted by Gasteiger charge is 2.38. The lowest BCUT2D eigenvalue weighted by Gasteiger charge is -2.11. The molecule has 11 heteroatoms. The van der Waals surface area contributed by atoms with Gasteiger partial charge in [0.05, 0.1) is 11.3 Å². The number of rotatable bonds is 4. The number of fused-ring (bicyclic) bond motifs is 1. The summed E-state index contributed by atoms with van der Waals surface area (Å²) in [5.74, 6) is -2.86. The fraction of sp³-hybridized carbons (Fsp3) is 0.250. The molecule has 3 aromatic rings. The molecule has 2 aromatic heterocycles. The SMILES string of the molecule is CC(C)C(=O)Nc1ccc(-c2cc(-c3cc4c([nH]3)CCNC4=O)ccn2)cc1.O=C(O)C(F)(F)F. The van der Waals surface area contributed by atoms with Gasteiger partial charge in [0.25, 0.3) is 5.91 Å². The molecule has 1 aliphatic rings. The van der Waals surface area contributed by atoms with Crippen LogP contribution in [0.1, 0.15) is 29.9 Å². The van der Waals surface area contributed by atoms with Crippen LogP contribution in [0.4, 0.5) is 18.9 Å². The molecule has 0 saturated heterocycles. The molecule has 0 bridgehead atoms. The van der Waals surface area contributed by atoms with Crippen LogP contribution >= 0.6 is 0 Å². The van der Waals surface area contributed by atoms with Crippen LogP contribution in [0.3, 0.4) is 0 Å². The number of halogens is 3. The number of hydrogen-bond acceptors (Lipinski definition) is 4. The summed E-state index contributed by atoms with van der Waals surface area (Å²) in [6, 6.07) is 13.5. The van der Waals surface area contributed by atoms with Gasteiger partial charge in [0.2, 0.25) is 5.91 Å². The lowest BCUT2D eigenvalue weighted by Crippen LogP contribution is -2.31. The Labute approximate surface area is 198 Å². The van der Waals surface area contributed by atoms with Gasteiger partial charge in [-0.15, -0.1) is 0 Å². The Kier molecular flexibility index (Phi) is 7.58. The highest BCUT2D eigenvalue weighted by molar-refractivity contribution is 5.98. The second kappa shape index (κ2) is 10.4. The molecule has 0 radical (unpaired) electrons. The molecule has 0 fully saturated rings. The molecule has 0 unspecified atom stereocenters. The van der Waals surface area contributed by atoms with Gasteiger partial charge < -0.3 is 20.7 Å². The average Bonchev–Trinajstić information content (AvgIpc) is 3.25. The van der Waals surface area contributed by atoms with Crippen molar-refractivity contribution in [1.82, 2.24) is 15.3 Å². The Morgan fingerprint density at radius 2 is 1.74 bits per heavy atom. The van der Waals surface area contributed by atoms with E-state index in [1.54, 1.807) is 6.20 Å². The van der Waals surface area contributed by atoms with Crippen molar-refractivity contribution >= 4 is 23.5 Å². The van der Waals surface area contributed by atoms with Crippen LogP contribution in [0.2, 0.25) is 0 Å². The molecular weight excluding hydrogens is 465 g/mol. The fourth-order valence-corrected chi connectivity index (χ4v) is 3.22. The summed E-state index contributed by atoms with van der Waals surface area (Å²) >= 11 is 0. The fourth-order valence-electron chi connectivity index (χ4n) is 3.22. The molecule has 4 N–H and O–H groups in total. The van der Waals surface area contributed by atoms with E-state index < -0.39 is 12.1 Å². The minimum Gasteiger partial charge on any atom is -0.475 e. The number of aliphatic carboxylic acids is 1. The first-order valence-electron chi connectivity index (χ1n) is 10.6. The zero-order valence-corrected chi connectivity index (χ0v) is 18.9. The molecular formula is C24H23F3N4O4. The molecule has 35 heavy (non-hydrogen) atoms. The normalized spacial score (nSPS) is 12.8. The largest absolute Gasteiger partial charge is 0.490 e. The van der Waals surface area contributed by atoms with Crippen molar-refractivity contribution in [3.63, 3.8) is 0 Å². The van der Waals surface area contributed by atoms with Gasteiger partial charge in [-0.3, -0.25) is 14.6 Å². The number of carboxylic acid groups (broad SMARTS) is 1. The van der Waals surface area contributed by atoms with Gasteiger partial charge in [0.1, 0.15) is 0 Å². The Morgan fingerprint density at radius 3 is 2.31 bits per heavy atom. The number of amides is 2. The van der Waals surface area contributed by atoms with Gasteiger partial charge in [0, 0.05) is 53.3 Å². The van der Waals surface area contributed by atoms with Crippen LogP contribution in [-0.4, -0.2) is 45.6 Å². The third-order valence-electron chi connectivity index (χ3n) is 5.09. The van der Waals surface area contributed by atoms with Gasteiger partial charge in [-0.2, -0.15) is 13.2 Å². The maximum Gasteiger partial charge on any atom is 0.490 e. The molecule has 0 aliphatic carbocycles. The minimum absolute atomic E-state index is 0.00683. The van der Waals surface area contributed by atoms with E-state index in [-0.39, 0.29) is 17.7 Å². The number of hydrogen-bond donors (Lipinski definition) is 4. The Morgan fingerprint density at radius 1 is 1.09 bits per heavy atom. The number of aromatic nitrogens is 2. The number of benzene rings is 1. The molecule has 0 saturated carbocycles. The summed E-state index contributed by atoms with van der Waals surface area (Å²) < 4.78 is 31.7. The van der Waals surface area contributed by atoms with Crippen molar-refractivity contribution in [1.29, 1.82) is 0 Å². The van der Waals surface area contributed by atoms with E-state index in [9.17, 15) is 22.8 Å². The molecule has 4 rings (SSSR count). The zero-order chi connectivity index (χ0) is 25.8. The van der Waals surface area contributed by atoms with Crippen molar-refractivity contribution in [3.05, 3.63) is 59.9 Å². The highest BCUT2D eigenvalue weighted by atomic mass is 19.4. The van der Waals surface area contributed by atoms with E-state index in [1.807, 2.05) is 56.3 Å². The summed E-state index contributed by atoms with van der Waals surface area (Å²) in [4.78, 5) is 40.5. The Hall–Kier alpha value is -4.15. The van der Waals surface area contributed by atoms with Crippen molar-refractivity contribution < 1.29 is 32.7 Å². The number of carboxylic acids is 1. The maximum atomic E-state index is 12.0. The smallest absolute Gasteiger partial charge is 0.475 e. The first kappa shape index (κ1) is 25.5. The van der Waals surface area contributed by atoms with E-state index in [2.05, 4.69) is 20.6 Å². The third-order valence-corrected chi connectivity index (χ3v) is 5.09. The molecule has 2 amide bonds. The number of H-pyrrole nitrogens is 1. The average molecular weight is 488 g/mol. The molecule has 3 heterocycles. The third kappa shape index (κ3) is 6.46. The zero-order valence-electron chi connectivity index (χ0n) is 18.9. The number of carbonyl (C=O) groups is 3. The number of pyridine rings is 1. The van der Waals surface area contributed by atoms with Crippen LogP contribution < -0.4 is 10.6 Å². The summed E-state index contributed by atoms with van der Waals surface area (Å²) in [7, 11) is 0. The standard InChI is InChI=1S/C22H22N4O2.C2HF3O2/c1-13(2)21(27)25-16-5-3-14(4-6-16)19-11-15(7-9-23-19)20-12-17-18(26-20)8-10-24-22(17)28;3-2(4,5)1(6)7/h3-7,9,11-13,26H,8,10H2,1-2H3,(H,24,28)(H,25,27);(H,6,7). The topological polar surface area (TPSA) is 124 Å². The number of aromatic amines is 1. The van der Waals surface area contributed by atoms with E-state index in [4.69, 9.17) is 9.90 Å². The lowest BCUT2D eigenvalue weighted by molar-refractivity contribution is -0.192. The molecule has 8 nitrogen and oxygen atoms in total. The minimum atomic E-state index is -5.08. The van der Waals surface area contributed by atoms with Gasteiger partial charge in [0.15, 0.2) is 0 Å². The van der Waals surface area contributed by atoms with Gasteiger partial charge >= 0.3 is 12.1 Å². The molecule has 184 valence electrons. The van der Waals surface area contributed by atoms with Crippen LogP contribution in [0.15, 0.2) is 48.7 Å². The summed E-state index contributed by atoms with van der Waals surface area (Å²) in [5, 5.41) is 12.9. The van der Waals surface area contributed by atoms with Gasteiger partial charge in [-0.1, -0.05) is 26.0 Å². The molecule has 0 spiro atoms. The molecule has 0 atom stereocenters. The number of alkyl halides is 3. The van der Waals surface area contributed by atoms with Gasteiger partial charge in [-0.05, 0) is 30.3 Å². The summed E-state index contributed by atoms with van der Waals surface area (Å²) in [6.45, 7) is 4.38. The predicted octanol–water partition coefficient (Wildman–Crippen LogP) is 4.26. The van der Waals surface area contributed by atoms with E-state index in [0.717, 1.165) is 40.3 Å². The van der Waals surface area contributed by atoms with Crippen LogP contribution in [0.5, 0.6) is 0 Å². The Balaban J connectivity index is 0.000000429. The van der Waals surface area contributed by atoms with Crippen molar-refractivity contribution in [3.8, 4) is 22.5 Å². The number of carbonyl (C=O) groups excluding carboxylic acids is 2. The van der Waals surface area contributed by atoms with Crippen LogP contribution in [-0.2, 0) is 16.0 Å². The summed E-state index contributed by atoms with van der Waals surface area (Å²) in [6.07, 6.45) is -2.51. The van der Waals surface area contributed by atoms with Crippen LogP contribution in [0.25, 0.3) is 22.5 Å².